The maximum absolute atomic E-state index is 14.3. The Hall–Kier alpha value is -2.45. The average Bonchev–Trinajstić information content (AvgIpc) is 3.26. The molecule has 26 heavy (non-hydrogen) atoms. The van der Waals surface area contributed by atoms with Gasteiger partial charge in [-0.15, -0.1) is 5.10 Å². The first-order valence-corrected chi connectivity index (χ1v) is 8.36. The number of nitrogens with zero attached hydrogens (tertiary/aromatic N) is 4. The molecule has 0 radical (unpaired) electrons. The molecule has 2 heterocycles. The molecule has 1 aromatic heterocycles. The van der Waals surface area contributed by atoms with Gasteiger partial charge in [0.25, 0.3) is 5.91 Å². The SMILES string of the molecule is O=C(c1nc2n(n1)C(c1ccccc1)CC2F)N(CC(F)(F)F)C1CC1. The summed E-state index contributed by atoms with van der Waals surface area (Å²) in [5.74, 6) is -1.28. The molecule has 5 nitrogen and oxygen atoms in total. The second kappa shape index (κ2) is 6.07. The van der Waals surface area contributed by atoms with E-state index < -0.39 is 36.9 Å². The Morgan fingerprint density at radius 1 is 1.23 bits per heavy atom. The summed E-state index contributed by atoms with van der Waals surface area (Å²) in [6.45, 7) is -1.35. The Morgan fingerprint density at radius 2 is 1.92 bits per heavy atom. The molecule has 1 amide bonds. The van der Waals surface area contributed by atoms with E-state index in [1.165, 1.54) is 4.68 Å². The molecule has 2 atom stereocenters. The Morgan fingerprint density at radius 3 is 2.54 bits per heavy atom. The van der Waals surface area contributed by atoms with Crippen LogP contribution >= 0.6 is 0 Å². The summed E-state index contributed by atoms with van der Waals surface area (Å²) in [6, 6.07) is 8.20. The van der Waals surface area contributed by atoms with Gasteiger partial charge in [0.05, 0.1) is 6.04 Å². The summed E-state index contributed by atoms with van der Waals surface area (Å²) in [6.07, 6.45) is -4.73. The molecule has 1 aliphatic carbocycles. The molecule has 1 fully saturated rings. The molecule has 2 aliphatic rings. The van der Waals surface area contributed by atoms with Crippen molar-refractivity contribution in [1.82, 2.24) is 19.7 Å². The molecular formula is C17H16F4N4O. The highest BCUT2D eigenvalue weighted by molar-refractivity contribution is 5.91. The van der Waals surface area contributed by atoms with Crippen molar-refractivity contribution < 1.29 is 22.4 Å². The molecular weight excluding hydrogens is 352 g/mol. The van der Waals surface area contributed by atoms with Gasteiger partial charge < -0.3 is 4.90 Å². The average molecular weight is 368 g/mol. The fourth-order valence-electron chi connectivity index (χ4n) is 3.30. The summed E-state index contributed by atoms with van der Waals surface area (Å²) in [7, 11) is 0. The van der Waals surface area contributed by atoms with E-state index in [0.717, 1.165) is 10.5 Å². The number of halogens is 4. The monoisotopic (exact) mass is 368 g/mol. The predicted molar refractivity (Wildman–Crippen MR) is 83.2 cm³/mol. The molecule has 9 heteroatoms. The van der Waals surface area contributed by atoms with Crippen LogP contribution in [0.3, 0.4) is 0 Å². The van der Waals surface area contributed by atoms with Crippen molar-refractivity contribution in [2.75, 3.05) is 6.54 Å². The van der Waals surface area contributed by atoms with E-state index >= 15 is 0 Å². The Labute approximate surface area is 146 Å². The van der Waals surface area contributed by atoms with Crippen LogP contribution in [0.5, 0.6) is 0 Å². The maximum atomic E-state index is 14.3. The Kier molecular flexibility index (Phi) is 3.96. The number of hydrogen-bond donors (Lipinski definition) is 0. The van der Waals surface area contributed by atoms with Crippen LogP contribution in [0.25, 0.3) is 0 Å². The lowest BCUT2D eigenvalue weighted by atomic mass is 10.0. The van der Waals surface area contributed by atoms with E-state index in [9.17, 15) is 22.4 Å². The lowest BCUT2D eigenvalue weighted by Crippen LogP contribution is -2.41. The fourth-order valence-corrected chi connectivity index (χ4v) is 3.30. The van der Waals surface area contributed by atoms with Crippen molar-refractivity contribution >= 4 is 5.91 Å². The van der Waals surface area contributed by atoms with Gasteiger partial charge in [-0.1, -0.05) is 30.3 Å². The molecule has 1 saturated carbocycles. The van der Waals surface area contributed by atoms with Crippen LogP contribution in [0.4, 0.5) is 17.6 Å². The van der Waals surface area contributed by atoms with Gasteiger partial charge in [-0.2, -0.15) is 13.2 Å². The van der Waals surface area contributed by atoms with Gasteiger partial charge in [0.2, 0.25) is 5.82 Å². The number of rotatable bonds is 4. The summed E-state index contributed by atoms with van der Waals surface area (Å²) < 4.78 is 54.0. The fraction of sp³-hybridized carbons (Fsp3) is 0.471. The summed E-state index contributed by atoms with van der Waals surface area (Å²) in [5, 5.41) is 4.07. The van der Waals surface area contributed by atoms with Crippen molar-refractivity contribution in [2.24, 2.45) is 0 Å². The van der Waals surface area contributed by atoms with Gasteiger partial charge in [-0.3, -0.25) is 4.79 Å². The maximum Gasteiger partial charge on any atom is 0.406 e. The molecule has 0 saturated heterocycles. The number of benzene rings is 1. The van der Waals surface area contributed by atoms with Crippen LogP contribution in [-0.2, 0) is 0 Å². The van der Waals surface area contributed by atoms with E-state index in [2.05, 4.69) is 10.1 Å². The first kappa shape index (κ1) is 17.0. The first-order valence-electron chi connectivity index (χ1n) is 8.36. The molecule has 2 unspecified atom stereocenters. The van der Waals surface area contributed by atoms with E-state index in [1.54, 1.807) is 0 Å². The minimum atomic E-state index is -4.50. The van der Waals surface area contributed by atoms with Gasteiger partial charge >= 0.3 is 6.18 Å². The molecule has 4 rings (SSSR count). The summed E-state index contributed by atoms with van der Waals surface area (Å²) in [4.78, 5) is 17.2. The molecule has 0 N–H and O–H groups in total. The number of amides is 1. The number of carbonyl (C=O) groups is 1. The van der Waals surface area contributed by atoms with E-state index in [1.807, 2.05) is 30.3 Å². The summed E-state index contributed by atoms with van der Waals surface area (Å²) >= 11 is 0. The normalized spacial score (nSPS) is 22.3. The third-order valence-corrected chi connectivity index (χ3v) is 4.64. The molecule has 138 valence electrons. The number of fused-ring (bicyclic) bond motifs is 1. The van der Waals surface area contributed by atoms with E-state index in [4.69, 9.17) is 0 Å². The van der Waals surface area contributed by atoms with Crippen LogP contribution in [0.15, 0.2) is 30.3 Å². The predicted octanol–water partition coefficient (Wildman–Crippen LogP) is 3.45. The highest BCUT2D eigenvalue weighted by atomic mass is 19.4. The zero-order valence-corrected chi connectivity index (χ0v) is 13.7. The van der Waals surface area contributed by atoms with Crippen molar-refractivity contribution in [3.63, 3.8) is 0 Å². The number of aromatic nitrogens is 3. The standard InChI is InChI=1S/C17H16F4N4O/c18-12-8-13(10-4-2-1-3-5-10)25-15(12)22-14(23-25)16(26)24(11-6-7-11)9-17(19,20)21/h1-5,11-13H,6-9H2. The van der Waals surface area contributed by atoms with Crippen molar-refractivity contribution in [2.45, 2.75) is 43.7 Å². The van der Waals surface area contributed by atoms with Gasteiger partial charge in [-0.25, -0.2) is 14.1 Å². The minimum absolute atomic E-state index is 0.00930. The van der Waals surface area contributed by atoms with Gasteiger partial charge in [0.15, 0.2) is 12.0 Å². The molecule has 0 bridgehead atoms. The first-order chi connectivity index (χ1) is 12.3. The Bertz CT molecular complexity index is 816. The van der Waals surface area contributed by atoms with Crippen molar-refractivity contribution in [3.8, 4) is 0 Å². The highest BCUT2D eigenvalue weighted by Gasteiger charge is 2.43. The molecule has 1 aromatic carbocycles. The number of alkyl halides is 4. The minimum Gasteiger partial charge on any atom is -0.324 e. The van der Waals surface area contributed by atoms with Crippen molar-refractivity contribution in [1.29, 1.82) is 0 Å². The molecule has 1 aliphatic heterocycles. The van der Waals surface area contributed by atoms with Crippen molar-refractivity contribution in [3.05, 3.63) is 47.5 Å². The smallest absolute Gasteiger partial charge is 0.324 e. The topological polar surface area (TPSA) is 51.0 Å². The van der Waals surface area contributed by atoms with Gasteiger partial charge in [-0.05, 0) is 18.4 Å². The van der Waals surface area contributed by atoms with E-state index in [0.29, 0.717) is 12.8 Å². The van der Waals surface area contributed by atoms with Crippen LogP contribution in [0, 0.1) is 0 Å². The van der Waals surface area contributed by atoms with E-state index in [-0.39, 0.29) is 18.1 Å². The summed E-state index contributed by atoms with van der Waals surface area (Å²) in [5.41, 5.74) is 0.812. The molecule has 2 aromatic rings. The third-order valence-electron chi connectivity index (χ3n) is 4.64. The van der Waals surface area contributed by atoms with Gasteiger partial charge in [0, 0.05) is 12.5 Å². The molecule has 0 spiro atoms. The third kappa shape index (κ3) is 3.17. The van der Waals surface area contributed by atoms with Crippen LogP contribution < -0.4 is 0 Å². The number of hydrogen-bond acceptors (Lipinski definition) is 3. The van der Waals surface area contributed by atoms with Gasteiger partial charge in [0.1, 0.15) is 6.54 Å². The largest absolute Gasteiger partial charge is 0.406 e. The zero-order valence-electron chi connectivity index (χ0n) is 13.7. The Balaban J connectivity index is 1.63. The lowest BCUT2D eigenvalue weighted by Gasteiger charge is -2.22. The van der Waals surface area contributed by atoms with Crippen LogP contribution in [0.1, 0.15) is 53.5 Å². The second-order valence-corrected chi connectivity index (χ2v) is 6.65. The van der Waals surface area contributed by atoms with Crippen LogP contribution in [-0.4, -0.2) is 44.3 Å². The second-order valence-electron chi connectivity index (χ2n) is 6.65. The number of carbonyl (C=O) groups excluding carboxylic acids is 1. The zero-order chi connectivity index (χ0) is 18.5. The van der Waals surface area contributed by atoms with Crippen LogP contribution in [0.2, 0.25) is 0 Å². The lowest BCUT2D eigenvalue weighted by molar-refractivity contribution is -0.141. The quantitative estimate of drug-likeness (QED) is 0.777. The highest BCUT2D eigenvalue weighted by Crippen LogP contribution is 2.39.